The summed E-state index contributed by atoms with van der Waals surface area (Å²) < 4.78 is 2.03. The standard InChI is InChI=1S/C15H16N4OS/c1-9-4-5-11-7-10(2)14-17-18-15(19(14)12(11)6-9)21-8-13(20)16-3/h4-7H,8H2,1-3H3,(H,16,20). The molecule has 3 aromatic rings. The molecule has 0 atom stereocenters. The highest BCUT2D eigenvalue weighted by molar-refractivity contribution is 7.99. The van der Waals surface area contributed by atoms with Gasteiger partial charge < -0.3 is 5.32 Å². The first-order valence-electron chi connectivity index (χ1n) is 6.68. The van der Waals surface area contributed by atoms with Crippen molar-refractivity contribution in [2.45, 2.75) is 19.0 Å². The number of nitrogens with zero attached hydrogens (tertiary/aromatic N) is 3. The third-order valence-electron chi connectivity index (χ3n) is 3.40. The molecule has 3 rings (SSSR count). The van der Waals surface area contributed by atoms with Crippen molar-refractivity contribution in [3.63, 3.8) is 0 Å². The highest BCUT2D eigenvalue weighted by Crippen LogP contribution is 2.26. The van der Waals surface area contributed by atoms with Gasteiger partial charge >= 0.3 is 0 Å². The van der Waals surface area contributed by atoms with Crippen molar-refractivity contribution < 1.29 is 4.79 Å². The molecule has 0 aliphatic rings. The third-order valence-corrected chi connectivity index (χ3v) is 4.33. The van der Waals surface area contributed by atoms with Gasteiger partial charge in [-0.25, -0.2) is 0 Å². The maximum Gasteiger partial charge on any atom is 0.230 e. The van der Waals surface area contributed by atoms with Crippen LogP contribution in [0.25, 0.3) is 16.6 Å². The van der Waals surface area contributed by atoms with Crippen LogP contribution >= 0.6 is 11.8 Å². The second-order valence-electron chi connectivity index (χ2n) is 4.99. The van der Waals surface area contributed by atoms with Gasteiger partial charge in [-0.2, -0.15) is 0 Å². The van der Waals surface area contributed by atoms with E-state index in [4.69, 9.17) is 0 Å². The number of benzene rings is 1. The Morgan fingerprint density at radius 2 is 2.10 bits per heavy atom. The summed E-state index contributed by atoms with van der Waals surface area (Å²) in [5, 5.41) is 13.0. The Kier molecular flexibility index (Phi) is 3.55. The molecule has 0 aliphatic carbocycles. The molecule has 0 saturated carbocycles. The Hall–Kier alpha value is -2.08. The Bertz CT molecular complexity index is 840. The fourth-order valence-electron chi connectivity index (χ4n) is 2.31. The minimum Gasteiger partial charge on any atom is -0.358 e. The quantitative estimate of drug-likeness (QED) is 0.754. The average Bonchev–Trinajstić information content (AvgIpc) is 2.90. The molecule has 1 amide bonds. The minimum absolute atomic E-state index is 0.0233. The number of thioether (sulfide) groups is 1. The maximum atomic E-state index is 11.4. The molecule has 2 heterocycles. The first-order chi connectivity index (χ1) is 10.1. The first-order valence-corrected chi connectivity index (χ1v) is 7.67. The normalized spacial score (nSPS) is 11.2. The number of fused-ring (bicyclic) bond motifs is 3. The number of hydrogen-bond acceptors (Lipinski definition) is 4. The van der Waals surface area contributed by atoms with Gasteiger partial charge in [0.15, 0.2) is 10.8 Å². The molecule has 0 fully saturated rings. The van der Waals surface area contributed by atoms with Crippen LogP contribution in [0.2, 0.25) is 0 Å². The lowest BCUT2D eigenvalue weighted by Crippen LogP contribution is -2.19. The van der Waals surface area contributed by atoms with Crippen molar-refractivity contribution in [2.75, 3.05) is 12.8 Å². The van der Waals surface area contributed by atoms with E-state index in [0.717, 1.165) is 27.3 Å². The van der Waals surface area contributed by atoms with Gasteiger partial charge in [0.05, 0.1) is 11.3 Å². The van der Waals surface area contributed by atoms with E-state index in [0.29, 0.717) is 5.75 Å². The van der Waals surface area contributed by atoms with Crippen LogP contribution in [0.1, 0.15) is 11.1 Å². The highest BCUT2D eigenvalue weighted by atomic mass is 32.2. The van der Waals surface area contributed by atoms with Crippen molar-refractivity contribution >= 4 is 34.2 Å². The molecular weight excluding hydrogens is 284 g/mol. The number of aromatic nitrogens is 3. The summed E-state index contributed by atoms with van der Waals surface area (Å²) in [7, 11) is 1.63. The van der Waals surface area contributed by atoms with E-state index in [1.807, 2.05) is 11.3 Å². The van der Waals surface area contributed by atoms with E-state index >= 15 is 0 Å². The van der Waals surface area contributed by atoms with Crippen LogP contribution in [-0.2, 0) is 4.79 Å². The molecular formula is C15H16N4OS. The van der Waals surface area contributed by atoms with Gasteiger partial charge in [-0.05, 0) is 42.5 Å². The van der Waals surface area contributed by atoms with Gasteiger partial charge in [-0.1, -0.05) is 23.9 Å². The van der Waals surface area contributed by atoms with Crippen LogP contribution in [0.4, 0.5) is 0 Å². The highest BCUT2D eigenvalue weighted by Gasteiger charge is 2.13. The Balaban J connectivity index is 2.19. The summed E-state index contributed by atoms with van der Waals surface area (Å²) in [4.78, 5) is 11.4. The molecule has 0 saturated heterocycles. The van der Waals surface area contributed by atoms with Crippen molar-refractivity contribution in [3.05, 3.63) is 35.4 Å². The second-order valence-corrected chi connectivity index (χ2v) is 5.94. The monoisotopic (exact) mass is 300 g/mol. The van der Waals surface area contributed by atoms with Crippen molar-refractivity contribution in [1.29, 1.82) is 0 Å². The molecule has 0 bridgehead atoms. The predicted octanol–water partition coefficient (Wildman–Crippen LogP) is 2.34. The van der Waals surface area contributed by atoms with E-state index in [9.17, 15) is 4.79 Å². The fourth-order valence-corrected chi connectivity index (χ4v) is 3.12. The molecule has 21 heavy (non-hydrogen) atoms. The molecule has 108 valence electrons. The molecule has 6 heteroatoms. The summed E-state index contributed by atoms with van der Waals surface area (Å²) in [6, 6.07) is 8.43. The van der Waals surface area contributed by atoms with Gasteiger partial charge in [0, 0.05) is 7.05 Å². The summed E-state index contributed by atoms with van der Waals surface area (Å²) in [5.74, 6) is 0.309. The van der Waals surface area contributed by atoms with E-state index in [2.05, 4.69) is 46.7 Å². The first kappa shape index (κ1) is 13.9. The van der Waals surface area contributed by atoms with Gasteiger partial charge in [0.2, 0.25) is 5.91 Å². The van der Waals surface area contributed by atoms with Gasteiger partial charge in [-0.15, -0.1) is 10.2 Å². The van der Waals surface area contributed by atoms with Crippen LogP contribution in [0.3, 0.4) is 0 Å². The number of carbonyl (C=O) groups excluding carboxylic acids is 1. The largest absolute Gasteiger partial charge is 0.358 e. The van der Waals surface area contributed by atoms with Gasteiger partial charge in [0.25, 0.3) is 0 Å². The number of nitrogens with one attached hydrogen (secondary N) is 1. The molecule has 1 aromatic carbocycles. The number of pyridine rings is 1. The minimum atomic E-state index is -0.0233. The predicted molar refractivity (Wildman–Crippen MR) is 84.8 cm³/mol. The zero-order valence-electron chi connectivity index (χ0n) is 12.2. The molecule has 1 N–H and O–H groups in total. The van der Waals surface area contributed by atoms with Crippen LogP contribution < -0.4 is 5.32 Å². The lowest BCUT2D eigenvalue weighted by molar-refractivity contribution is -0.118. The summed E-state index contributed by atoms with van der Waals surface area (Å²) >= 11 is 1.40. The third kappa shape index (κ3) is 2.47. The number of amides is 1. The molecule has 0 unspecified atom stereocenters. The number of hydrogen-bond donors (Lipinski definition) is 1. The zero-order chi connectivity index (χ0) is 15.0. The van der Waals surface area contributed by atoms with E-state index < -0.39 is 0 Å². The van der Waals surface area contributed by atoms with Crippen LogP contribution in [0.15, 0.2) is 29.4 Å². The second kappa shape index (κ2) is 5.37. The lowest BCUT2D eigenvalue weighted by atomic mass is 10.1. The SMILES string of the molecule is CNC(=O)CSc1nnc2c(C)cc3ccc(C)cc3n12. The zero-order valence-corrected chi connectivity index (χ0v) is 13.0. The van der Waals surface area contributed by atoms with Crippen molar-refractivity contribution in [3.8, 4) is 0 Å². The van der Waals surface area contributed by atoms with Crippen LogP contribution in [-0.4, -0.2) is 33.3 Å². The number of carbonyl (C=O) groups is 1. The summed E-state index contributed by atoms with van der Waals surface area (Å²) in [6.07, 6.45) is 0. The molecule has 0 aliphatic heterocycles. The Morgan fingerprint density at radius 1 is 1.29 bits per heavy atom. The number of rotatable bonds is 3. The van der Waals surface area contributed by atoms with E-state index in [1.54, 1.807) is 7.05 Å². The number of aryl methyl sites for hydroxylation is 2. The molecule has 0 radical (unpaired) electrons. The maximum absolute atomic E-state index is 11.4. The Labute approximate surface area is 126 Å². The fraction of sp³-hybridized carbons (Fsp3) is 0.267. The average molecular weight is 300 g/mol. The van der Waals surface area contributed by atoms with Gasteiger partial charge in [-0.3, -0.25) is 9.20 Å². The smallest absolute Gasteiger partial charge is 0.230 e. The van der Waals surface area contributed by atoms with Crippen LogP contribution in [0, 0.1) is 13.8 Å². The van der Waals surface area contributed by atoms with Crippen molar-refractivity contribution in [1.82, 2.24) is 19.9 Å². The summed E-state index contributed by atoms with van der Waals surface area (Å²) in [5.41, 5.74) is 4.17. The van der Waals surface area contributed by atoms with Crippen LogP contribution in [0.5, 0.6) is 0 Å². The van der Waals surface area contributed by atoms with E-state index in [-0.39, 0.29) is 5.91 Å². The summed E-state index contributed by atoms with van der Waals surface area (Å²) in [6.45, 7) is 4.09. The lowest BCUT2D eigenvalue weighted by Gasteiger charge is -2.07. The topological polar surface area (TPSA) is 59.3 Å². The molecule has 2 aromatic heterocycles. The Morgan fingerprint density at radius 3 is 2.86 bits per heavy atom. The van der Waals surface area contributed by atoms with Crippen molar-refractivity contribution in [2.24, 2.45) is 0 Å². The molecule has 5 nitrogen and oxygen atoms in total. The molecule has 0 spiro atoms. The van der Waals surface area contributed by atoms with Gasteiger partial charge in [0.1, 0.15) is 0 Å². The van der Waals surface area contributed by atoms with E-state index in [1.165, 1.54) is 17.3 Å².